The molecule has 0 fully saturated rings. The topological polar surface area (TPSA) is 97.6 Å². The second-order valence-electron chi connectivity index (χ2n) is 7.11. The zero-order chi connectivity index (χ0) is 21.1. The van der Waals surface area contributed by atoms with E-state index in [0.717, 1.165) is 23.2 Å². The SMILES string of the molecule is CCCN1C(=O)COc2cc(-c3noc(C(=O)NCc4ccc(C)cc4)n3)ccc21. The minimum absolute atomic E-state index is 0.00460. The van der Waals surface area contributed by atoms with E-state index in [0.29, 0.717) is 24.4 Å². The van der Waals surface area contributed by atoms with E-state index in [1.54, 1.807) is 23.1 Å². The predicted molar refractivity (Wildman–Crippen MR) is 110 cm³/mol. The van der Waals surface area contributed by atoms with Gasteiger partial charge < -0.3 is 19.5 Å². The predicted octanol–water partition coefficient (Wildman–Crippen LogP) is 3.11. The van der Waals surface area contributed by atoms with Gasteiger partial charge in [-0.1, -0.05) is 41.9 Å². The molecule has 0 spiro atoms. The van der Waals surface area contributed by atoms with Crippen molar-refractivity contribution in [2.24, 2.45) is 0 Å². The maximum Gasteiger partial charge on any atom is 0.316 e. The third-order valence-corrected chi connectivity index (χ3v) is 4.80. The number of ether oxygens (including phenoxy) is 1. The lowest BCUT2D eigenvalue weighted by atomic mass is 10.1. The highest BCUT2D eigenvalue weighted by Gasteiger charge is 2.26. The second kappa shape index (κ2) is 8.36. The molecule has 2 amide bonds. The number of fused-ring (bicyclic) bond motifs is 1. The van der Waals surface area contributed by atoms with Gasteiger partial charge in [-0.2, -0.15) is 4.98 Å². The number of benzene rings is 2. The Morgan fingerprint density at radius 3 is 2.77 bits per heavy atom. The van der Waals surface area contributed by atoms with E-state index in [1.807, 2.05) is 38.1 Å². The molecule has 1 aliphatic heterocycles. The Balaban J connectivity index is 1.48. The molecule has 0 saturated carbocycles. The van der Waals surface area contributed by atoms with Crippen molar-refractivity contribution in [3.05, 3.63) is 59.5 Å². The van der Waals surface area contributed by atoms with Gasteiger partial charge in [0.15, 0.2) is 6.61 Å². The number of aromatic nitrogens is 2. The largest absolute Gasteiger partial charge is 0.482 e. The van der Waals surface area contributed by atoms with Gasteiger partial charge >= 0.3 is 11.8 Å². The highest BCUT2D eigenvalue weighted by Crippen LogP contribution is 2.35. The lowest BCUT2D eigenvalue weighted by molar-refractivity contribution is -0.121. The van der Waals surface area contributed by atoms with Gasteiger partial charge in [0.25, 0.3) is 5.91 Å². The van der Waals surface area contributed by atoms with Crippen molar-refractivity contribution in [2.45, 2.75) is 26.8 Å². The molecule has 0 bridgehead atoms. The molecule has 2 aromatic carbocycles. The normalized spacial score (nSPS) is 13.0. The van der Waals surface area contributed by atoms with Crippen LogP contribution in [0.4, 0.5) is 5.69 Å². The first-order valence-electron chi connectivity index (χ1n) is 9.80. The number of anilines is 1. The molecule has 1 N–H and O–H groups in total. The van der Waals surface area contributed by atoms with Crippen LogP contribution < -0.4 is 15.0 Å². The van der Waals surface area contributed by atoms with Crippen LogP contribution in [-0.4, -0.2) is 35.1 Å². The molecule has 0 aliphatic carbocycles. The molecule has 8 nitrogen and oxygen atoms in total. The highest BCUT2D eigenvalue weighted by molar-refractivity contribution is 5.98. The quantitative estimate of drug-likeness (QED) is 0.676. The summed E-state index contributed by atoms with van der Waals surface area (Å²) in [4.78, 5) is 30.3. The summed E-state index contributed by atoms with van der Waals surface area (Å²) in [5.74, 6) is 0.238. The molecule has 0 atom stereocenters. The third-order valence-electron chi connectivity index (χ3n) is 4.80. The van der Waals surface area contributed by atoms with E-state index in [4.69, 9.17) is 9.26 Å². The van der Waals surface area contributed by atoms with E-state index in [1.165, 1.54) is 0 Å². The van der Waals surface area contributed by atoms with Crippen molar-refractivity contribution in [3.8, 4) is 17.1 Å². The van der Waals surface area contributed by atoms with Crippen LogP contribution in [0.2, 0.25) is 0 Å². The summed E-state index contributed by atoms with van der Waals surface area (Å²) in [6.07, 6.45) is 0.846. The molecule has 2 heterocycles. The van der Waals surface area contributed by atoms with Crippen LogP contribution in [0.1, 0.15) is 35.2 Å². The van der Waals surface area contributed by atoms with Gasteiger partial charge in [-0.05, 0) is 37.1 Å². The number of rotatable bonds is 6. The number of carbonyl (C=O) groups excluding carboxylic acids is 2. The Labute approximate surface area is 173 Å². The fourth-order valence-corrected chi connectivity index (χ4v) is 3.21. The Morgan fingerprint density at radius 1 is 1.20 bits per heavy atom. The molecule has 3 aromatic rings. The van der Waals surface area contributed by atoms with Gasteiger partial charge in [0.05, 0.1) is 5.69 Å². The van der Waals surface area contributed by atoms with Gasteiger partial charge in [0, 0.05) is 18.7 Å². The summed E-state index contributed by atoms with van der Waals surface area (Å²) in [5, 5.41) is 6.68. The maximum absolute atomic E-state index is 12.3. The third kappa shape index (κ3) is 4.03. The average Bonchev–Trinajstić information content (AvgIpc) is 3.25. The molecular weight excluding hydrogens is 384 g/mol. The van der Waals surface area contributed by atoms with Crippen molar-refractivity contribution >= 4 is 17.5 Å². The van der Waals surface area contributed by atoms with Gasteiger partial charge in [-0.3, -0.25) is 9.59 Å². The lowest BCUT2D eigenvalue weighted by Gasteiger charge is -2.29. The van der Waals surface area contributed by atoms with Crippen molar-refractivity contribution in [2.75, 3.05) is 18.1 Å². The van der Waals surface area contributed by atoms with E-state index in [-0.39, 0.29) is 24.2 Å². The molecule has 4 rings (SSSR count). The molecule has 0 unspecified atom stereocenters. The van der Waals surface area contributed by atoms with Crippen molar-refractivity contribution in [1.82, 2.24) is 15.5 Å². The van der Waals surface area contributed by atoms with Gasteiger partial charge in [-0.25, -0.2) is 0 Å². The number of hydrogen-bond donors (Lipinski definition) is 1. The molecule has 0 radical (unpaired) electrons. The van der Waals surface area contributed by atoms with Gasteiger partial charge in [0.2, 0.25) is 5.82 Å². The minimum atomic E-state index is -0.441. The molecular formula is C22H22N4O4. The van der Waals surface area contributed by atoms with Crippen LogP contribution in [0.15, 0.2) is 47.0 Å². The standard InChI is InChI=1S/C22H22N4O4/c1-3-10-26-17-9-8-16(11-18(17)29-13-19(26)27)20-24-22(30-25-20)21(28)23-12-15-6-4-14(2)5-7-15/h4-9,11H,3,10,12-13H2,1-2H3,(H,23,28). The first-order valence-corrected chi connectivity index (χ1v) is 9.80. The number of aryl methyl sites for hydroxylation is 1. The maximum atomic E-state index is 12.3. The zero-order valence-corrected chi connectivity index (χ0v) is 16.8. The number of carbonyl (C=O) groups is 2. The smallest absolute Gasteiger partial charge is 0.316 e. The summed E-state index contributed by atoms with van der Waals surface area (Å²) in [6, 6.07) is 13.2. The van der Waals surface area contributed by atoms with E-state index in [2.05, 4.69) is 15.5 Å². The minimum Gasteiger partial charge on any atom is -0.482 e. The monoisotopic (exact) mass is 406 g/mol. The Hall–Kier alpha value is -3.68. The number of hydrogen-bond acceptors (Lipinski definition) is 6. The van der Waals surface area contributed by atoms with Gasteiger partial charge in [-0.15, -0.1) is 0 Å². The van der Waals surface area contributed by atoms with E-state index >= 15 is 0 Å². The average molecular weight is 406 g/mol. The Morgan fingerprint density at radius 2 is 2.00 bits per heavy atom. The van der Waals surface area contributed by atoms with Gasteiger partial charge in [0.1, 0.15) is 5.75 Å². The summed E-state index contributed by atoms with van der Waals surface area (Å²) < 4.78 is 10.7. The molecule has 154 valence electrons. The first-order chi connectivity index (χ1) is 14.5. The lowest BCUT2D eigenvalue weighted by Crippen LogP contribution is -2.39. The van der Waals surface area contributed by atoms with Crippen LogP contribution >= 0.6 is 0 Å². The highest BCUT2D eigenvalue weighted by atomic mass is 16.5. The first kappa shape index (κ1) is 19.6. The fraction of sp³-hybridized carbons (Fsp3) is 0.273. The number of amides is 2. The summed E-state index contributed by atoms with van der Waals surface area (Å²) in [5.41, 5.74) is 3.49. The molecule has 30 heavy (non-hydrogen) atoms. The van der Waals surface area contributed by atoms with Crippen LogP contribution in [0.25, 0.3) is 11.4 Å². The molecule has 1 aromatic heterocycles. The van der Waals surface area contributed by atoms with Crippen LogP contribution in [0, 0.1) is 6.92 Å². The van der Waals surface area contributed by atoms with Crippen molar-refractivity contribution in [3.63, 3.8) is 0 Å². The summed E-state index contributed by atoms with van der Waals surface area (Å²) in [6.45, 7) is 5.01. The molecule has 1 aliphatic rings. The van der Waals surface area contributed by atoms with Crippen LogP contribution in [0.3, 0.4) is 0 Å². The van der Waals surface area contributed by atoms with Crippen molar-refractivity contribution in [1.29, 1.82) is 0 Å². The number of nitrogens with zero attached hydrogens (tertiary/aromatic N) is 3. The van der Waals surface area contributed by atoms with Crippen LogP contribution in [0.5, 0.6) is 5.75 Å². The van der Waals surface area contributed by atoms with Crippen LogP contribution in [-0.2, 0) is 11.3 Å². The number of nitrogens with one attached hydrogen (secondary N) is 1. The Bertz CT molecular complexity index is 1070. The second-order valence-corrected chi connectivity index (χ2v) is 7.11. The summed E-state index contributed by atoms with van der Waals surface area (Å²) in [7, 11) is 0. The molecule has 8 heteroatoms. The van der Waals surface area contributed by atoms with Crippen molar-refractivity contribution < 1.29 is 18.8 Å². The summed E-state index contributed by atoms with van der Waals surface area (Å²) >= 11 is 0. The zero-order valence-electron chi connectivity index (χ0n) is 16.8. The van der Waals surface area contributed by atoms with E-state index < -0.39 is 5.91 Å². The fourth-order valence-electron chi connectivity index (χ4n) is 3.21. The Kier molecular flexibility index (Phi) is 5.47. The molecule has 0 saturated heterocycles. The van der Waals surface area contributed by atoms with E-state index in [9.17, 15) is 9.59 Å².